The van der Waals surface area contributed by atoms with Gasteiger partial charge in [-0.2, -0.15) is 0 Å². The molecule has 0 aromatic heterocycles. The molecule has 30 heavy (non-hydrogen) atoms. The van der Waals surface area contributed by atoms with Gasteiger partial charge in [-0.1, -0.05) is 25.1 Å². The largest absolute Gasteiger partial charge is 0.508 e. The van der Waals surface area contributed by atoms with E-state index in [1.54, 1.807) is 6.08 Å². The minimum Gasteiger partial charge on any atom is -0.508 e. The van der Waals surface area contributed by atoms with Crippen molar-refractivity contribution in [2.24, 2.45) is 4.99 Å². The molecule has 0 bridgehead atoms. The second kappa shape index (κ2) is 9.49. The Kier molecular flexibility index (Phi) is 6.79. The summed E-state index contributed by atoms with van der Waals surface area (Å²) in [5.74, 6) is -0.883. The Morgan fingerprint density at radius 3 is 2.70 bits per heavy atom. The first kappa shape index (κ1) is 21.4. The number of hydrogen-bond acceptors (Lipinski definition) is 6. The number of aromatic hydroxyl groups is 1. The van der Waals surface area contributed by atoms with Crippen LogP contribution in [0.2, 0.25) is 0 Å². The monoisotopic (exact) mass is 426 g/mol. The first-order valence-electron chi connectivity index (χ1n) is 9.52. The van der Waals surface area contributed by atoms with E-state index in [-0.39, 0.29) is 22.9 Å². The van der Waals surface area contributed by atoms with Gasteiger partial charge < -0.3 is 14.9 Å². The molecule has 1 aliphatic heterocycles. The summed E-state index contributed by atoms with van der Waals surface area (Å²) in [6, 6.07) is 11.4. The van der Waals surface area contributed by atoms with Crippen molar-refractivity contribution in [3.8, 4) is 11.5 Å². The molecule has 0 radical (unpaired) electrons. The van der Waals surface area contributed by atoms with E-state index in [0.717, 1.165) is 18.1 Å². The molecule has 3 rings (SSSR count). The Labute approximate surface area is 178 Å². The van der Waals surface area contributed by atoms with Gasteiger partial charge in [0.15, 0.2) is 5.17 Å². The quantitative estimate of drug-likeness (QED) is 0.632. The lowest BCUT2D eigenvalue weighted by Gasteiger charge is -2.12. The van der Waals surface area contributed by atoms with E-state index in [4.69, 9.17) is 4.74 Å². The smallest absolute Gasteiger partial charge is 0.338 e. The molecule has 8 heteroatoms. The number of phenols is 1. The lowest BCUT2D eigenvalue weighted by Crippen LogP contribution is -2.28. The highest BCUT2D eigenvalue weighted by atomic mass is 32.2. The number of nitrogens with zero attached hydrogens (tertiary/aromatic N) is 2. The molecule has 2 N–H and O–H groups in total. The molecular formula is C22H22N2O5S. The molecule has 1 saturated heterocycles. The molecular weight excluding hydrogens is 404 g/mol. The molecule has 7 nitrogen and oxygen atoms in total. The number of carboxylic acid groups (broad SMARTS) is 1. The number of thioether (sulfide) groups is 1. The van der Waals surface area contributed by atoms with Crippen LogP contribution in [-0.4, -0.2) is 45.3 Å². The molecule has 0 saturated carbocycles. The molecule has 2 aromatic rings. The molecule has 0 aliphatic carbocycles. The second-order valence-electron chi connectivity index (χ2n) is 6.45. The van der Waals surface area contributed by atoms with Crippen molar-refractivity contribution in [3.63, 3.8) is 0 Å². The molecule has 1 fully saturated rings. The number of para-hydroxylation sites is 1. The Hall–Kier alpha value is -3.26. The van der Waals surface area contributed by atoms with Crippen LogP contribution in [0.25, 0.3) is 6.08 Å². The summed E-state index contributed by atoms with van der Waals surface area (Å²) in [6.45, 7) is 4.81. The number of amidine groups is 1. The standard InChI is InChI=1S/C22H22N2O5S/c1-3-11-29-18-8-6-5-7-14(18)12-19-20(26)24(4-2)22(30-19)23-17-10-9-15(25)13-16(17)21(27)28/h5-10,12-13,25H,3-4,11H2,1-2H3,(H,27,28)/b19-12-,23-22?. The number of carboxylic acids is 1. The first-order chi connectivity index (χ1) is 14.4. The van der Waals surface area contributed by atoms with Crippen molar-refractivity contribution in [2.45, 2.75) is 20.3 Å². The number of aliphatic imine (C=N–C) groups is 1. The fourth-order valence-electron chi connectivity index (χ4n) is 2.85. The van der Waals surface area contributed by atoms with Crippen molar-refractivity contribution in [1.82, 2.24) is 4.90 Å². The second-order valence-corrected chi connectivity index (χ2v) is 7.46. The number of amides is 1. The van der Waals surface area contributed by atoms with Gasteiger partial charge in [-0.3, -0.25) is 9.69 Å². The van der Waals surface area contributed by atoms with Crippen molar-refractivity contribution in [2.75, 3.05) is 13.2 Å². The molecule has 1 aliphatic rings. The average molecular weight is 426 g/mol. The summed E-state index contributed by atoms with van der Waals surface area (Å²) in [7, 11) is 0. The number of hydrogen-bond donors (Lipinski definition) is 2. The van der Waals surface area contributed by atoms with E-state index in [1.807, 2.05) is 38.1 Å². The summed E-state index contributed by atoms with van der Waals surface area (Å²) in [4.78, 5) is 30.8. The van der Waals surface area contributed by atoms with Crippen LogP contribution in [-0.2, 0) is 4.79 Å². The SMILES string of the molecule is CCCOc1ccccc1/C=C1\SC(=Nc2ccc(O)cc2C(=O)O)N(CC)C1=O. The third kappa shape index (κ3) is 4.65. The summed E-state index contributed by atoms with van der Waals surface area (Å²) < 4.78 is 5.76. The number of carbonyl (C=O) groups excluding carboxylic acids is 1. The van der Waals surface area contributed by atoms with Crippen molar-refractivity contribution >= 4 is 40.6 Å². The summed E-state index contributed by atoms with van der Waals surface area (Å²) >= 11 is 1.17. The Morgan fingerprint density at radius 1 is 1.23 bits per heavy atom. The molecule has 0 unspecified atom stereocenters. The third-order valence-corrected chi connectivity index (χ3v) is 5.30. The van der Waals surface area contributed by atoms with E-state index in [1.165, 1.54) is 28.8 Å². The molecule has 1 amide bonds. The van der Waals surface area contributed by atoms with Crippen molar-refractivity contribution in [3.05, 3.63) is 58.5 Å². The van der Waals surface area contributed by atoms with Crippen molar-refractivity contribution in [1.29, 1.82) is 0 Å². The van der Waals surface area contributed by atoms with Crippen LogP contribution in [0, 0.1) is 0 Å². The van der Waals surface area contributed by atoms with Gasteiger partial charge in [-0.15, -0.1) is 0 Å². The molecule has 1 heterocycles. The molecule has 0 spiro atoms. The van der Waals surface area contributed by atoms with Gasteiger partial charge in [0.25, 0.3) is 5.91 Å². The van der Waals surface area contributed by atoms with Crippen LogP contribution in [0.1, 0.15) is 36.2 Å². The van der Waals surface area contributed by atoms with Gasteiger partial charge in [-0.05, 0) is 55.4 Å². The topological polar surface area (TPSA) is 99.4 Å². The Morgan fingerprint density at radius 2 is 2.00 bits per heavy atom. The lowest BCUT2D eigenvalue weighted by molar-refractivity contribution is -0.122. The number of rotatable bonds is 7. The van der Waals surface area contributed by atoms with Gasteiger partial charge >= 0.3 is 5.97 Å². The Bertz CT molecular complexity index is 1030. The highest BCUT2D eigenvalue weighted by molar-refractivity contribution is 8.18. The maximum Gasteiger partial charge on any atom is 0.338 e. The minimum atomic E-state index is -1.21. The number of aromatic carboxylic acids is 1. The minimum absolute atomic E-state index is 0.137. The van der Waals surface area contributed by atoms with Gasteiger partial charge in [0.1, 0.15) is 11.5 Å². The van der Waals surface area contributed by atoms with Gasteiger partial charge in [0, 0.05) is 12.1 Å². The fraction of sp³-hybridized carbons (Fsp3) is 0.227. The van der Waals surface area contributed by atoms with Gasteiger partial charge in [0.05, 0.1) is 22.8 Å². The first-order valence-corrected chi connectivity index (χ1v) is 10.3. The maximum atomic E-state index is 12.9. The predicted molar refractivity (Wildman–Crippen MR) is 117 cm³/mol. The number of ether oxygens (including phenoxy) is 1. The van der Waals surface area contributed by atoms with E-state index < -0.39 is 5.97 Å². The zero-order chi connectivity index (χ0) is 21.7. The highest BCUT2D eigenvalue weighted by Gasteiger charge is 2.32. The van der Waals surface area contributed by atoms with E-state index in [9.17, 15) is 19.8 Å². The number of likely N-dealkylation sites (N-methyl/N-ethyl adjacent to an activating group) is 1. The van der Waals surface area contributed by atoms with Crippen LogP contribution in [0.5, 0.6) is 11.5 Å². The van der Waals surface area contributed by atoms with Crippen LogP contribution >= 0.6 is 11.8 Å². The summed E-state index contributed by atoms with van der Waals surface area (Å²) in [5.41, 5.74) is 0.819. The molecule has 2 aromatic carbocycles. The maximum absolute atomic E-state index is 12.9. The van der Waals surface area contributed by atoms with Crippen LogP contribution in [0.4, 0.5) is 5.69 Å². The van der Waals surface area contributed by atoms with Crippen LogP contribution < -0.4 is 4.74 Å². The molecule has 0 atom stereocenters. The number of phenolic OH excluding ortho intramolecular Hbond substituents is 1. The number of benzene rings is 2. The number of carbonyl (C=O) groups is 2. The van der Waals surface area contributed by atoms with E-state index >= 15 is 0 Å². The fourth-order valence-corrected chi connectivity index (χ4v) is 3.90. The zero-order valence-corrected chi connectivity index (χ0v) is 17.5. The predicted octanol–water partition coefficient (Wildman–Crippen LogP) is 4.50. The zero-order valence-electron chi connectivity index (χ0n) is 16.7. The van der Waals surface area contributed by atoms with Crippen LogP contribution in [0.3, 0.4) is 0 Å². The average Bonchev–Trinajstić information content (AvgIpc) is 3.02. The van der Waals surface area contributed by atoms with E-state index in [2.05, 4.69) is 4.99 Å². The molecule has 156 valence electrons. The lowest BCUT2D eigenvalue weighted by atomic mass is 10.1. The summed E-state index contributed by atoms with van der Waals surface area (Å²) in [6.07, 6.45) is 2.63. The Balaban J connectivity index is 1.98. The van der Waals surface area contributed by atoms with Gasteiger partial charge in [0.2, 0.25) is 0 Å². The normalized spacial score (nSPS) is 16.5. The third-order valence-electron chi connectivity index (χ3n) is 4.30. The highest BCUT2D eigenvalue weighted by Crippen LogP contribution is 2.36. The van der Waals surface area contributed by atoms with Crippen molar-refractivity contribution < 1.29 is 24.5 Å². The van der Waals surface area contributed by atoms with Crippen LogP contribution in [0.15, 0.2) is 52.4 Å². The summed E-state index contributed by atoms with van der Waals surface area (Å²) in [5, 5.41) is 19.4. The van der Waals surface area contributed by atoms with Gasteiger partial charge in [-0.25, -0.2) is 9.79 Å². The van der Waals surface area contributed by atoms with E-state index in [0.29, 0.717) is 29.0 Å².